The summed E-state index contributed by atoms with van der Waals surface area (Å²) in [5.41, 5.74) is 1.47. The van der Waals surface area contributed by atoms with Gasteiger partial charge in [0.15, 0.2) is 5.82 Å². The third-order valence-corrected chi connectivity index (χ3v) is 3.71. The van der Waals surface area contributed by atoms with Crippen LogP contribution in [0.3, 0.4) is 0 Å². The average Bonchev–Trinajstić information content (AvgIpc) is 2.35. The first-order valence-corrected chi connectivity index (χ1v) is 6.71. The molecule has 2 rings (SSSR count). The van der Waals surface area contributed by atoms with Gasteiger partial charge in [-0.15, -0.1) is 0 Å². The van der Waals surface area contributed by atoms with Crippen LogP contribution < -0.4 is 5.32 Å². The predicted molar refractivity (Wildman–Crippen MR) is 77.6 cm³/mol. The lowest BCUT2D eigenvalue weighted by Gasteiger charge is -2.17. The van der Waals surface area contributed by atoms with Gasteiger partial charge in [-0.2, -0.15) is 0 Å². The Hall–Kier alpha value is -1.06. The van der Waals surface area contributed by atoms with E-state index >= 15 is 0 Å². The Kier molecular flexibility index (Phi) is 4.25. The van der Waals surface area contributed by atoms with Gasteiger partial charge >= 0.3 is 0 Å². The van der Waals surface area contributed by atoms with Crippen molar-refractivity contribution in [2.45, 2.75) is 13.0 Å². The number of nitrogens with one attached hydrogen (secondary N) is 1. The van der Waals surface area contributed by atoms with E-state index in [9.17, 15) is 4.39 Å². The quantitative estimate of drug-likeness (QED) is 0.794. The van der Waals surface area contributed by atoms with Crippen molar-refractivity contribution in [2.24, 2.45) is 0 Å². The SMILES string of the molecule is CC(Nc1cccc(Cl)c1F)c1ccccc1Br. The molecule has 0 bridgehead atoms. The van der Waals surface area contributed by atoms with E-state index in [1.54, 1.807) is 12.1 Å². The van der Waals surface area contributed by atoms with Crippen LogP contribution in [-0.4, -0.2) is 0 Å². The number of anilines is 1. The maximum absolute atomic E-state index is 13.8. The predicted octanol–water partition coefficient (Wildman–Crippen LogP) is 5.41. The van der Waals surface area contributed by atoms with E-state index in [1.807, 2.05) is 31.2 Å². The molecule has 1 unspecified atom stereocenters. The maximum Gasteiger partial charge on any atom is 0.164 e. The van der Waals surface area contributed by atoms with Crippen molar-refractivity contribution in [3.05, 3.63) is 63.3 Å². The van der Waals surface area contributed by atoms with E-state index in [1.165, 1.54) is 6.07 Å². The number of hydrogen-bond acceptors (Lipinski definition) is 1. The lowest BCUT2D eigenvalue weighted by atomic mass is 10.1. The molecule has 0 spiro atoms. The van der Waals surface area contributed by atoms with E-state index in [0.29, 0.717) is 5.69 Å². The molecule has 94 valence electrons. The van der Waals surface area contributed by atoms with Gasteiger partial charge in [-0.1, -0.05) is 51.8 Å². The van der Waals surface area contributed by atoms with E-state index in [2.05, 4.69) is 21.2 Å². The first-order chi connectivity index (χ1) is 8.59. The van der Waals surface area contributed by atoms with Crippen LogP contribution in [0, 0.1) is 5.82 Å². The van der Waals surface area contributed by atoms with Crippen molar-refractivity contribution >= 4 is 33.2 Å². The van der Waals surface area contributed by atoms with Gasteiger partial charge in [0, 0.05) is 10.5 Å². The molecule has 0 aliphatic rings. The Balaban J connectivity index is 2.24. The normalized spacial score (nSPS) is 12.2. The topological polar surface area (TPSA) is 12.0 Å². The Morgan fingerprint density at radius 2 is 1.89 bits per heavy atom. The zero-order valence-electron chi connectivity index (χ0n) is 9.75. The highest BCUT2D eigenvalue weighted by Crippen LogP contribution is 2.29. The summed E-state index contributed by atoms with van der Waals surface area (Å²) >= 11 is 9.23. The standard InChI is InChI=1S/C14H12BrClFN/c1-9(10-5-2-3-6-11(10)15)18-13-8-4-7-12(16)14(13)17/h2-9,18H,1H3. The Morgan fingerprint density at radius 3 is 2.61 bits per heavy atom. The summed E-state index contributed by atoms with van der Waals surface area (Å²) in [5, 5.41) is 3.24. The minimum absolute atomic E-state index is 0.0199. The molecule has 0 fully saturated rings. The summed E-state index contributed by atoms with van der Waals surface area (Å²) in [6.07, 6.45) is 0. The van der Waals surface area contributed by atoms with Crippen LogP contribution in [0.5, 0.6) is 0 Å². The molecule has 1 nitrogen and oxygen atoms in total. The van der Waals surface area contributed by atoms with Crippen LogP contribution in [0.25, 0.3) is 0 Å². The molecule has 4 heteroatoms. The second-order valence-electron chi connectivity index (χ2n) is 3.99. The van der Waals surface area contributed by atoms with Crippen molar-refractivity contribution in [3.8, 4) is 0 Å². The molecule has 0 radical (unpaired) electrons. The van der Waals surface area contributed by atoms with Crippen molar-refractivity contribution in [1.29, 1.82) is 0 Å². The zero-order valence-corrected chi connectivity index (χ0v) is 12.1. The smallest absolute Gasteiger partial charge is 0.164 e. The first-order valence-electron chi connectivity index (χ1n) is 5.54. The molecule has 0 saturated heterocycles. The van der Waals surface area contributed by atoms with E-state index in [-0.39, 0.29) is 11.1 Å². The summed E-state index contributed by atoms with van der Waals surface area (Å²) in [6, 6.07) is 12.8. The van der Waals surface area contributed by atoms with Gasteiger partial charge < -0.3 is 5.32 Å². The third kappa shape index (κ3) is 2.85. The van der Waals surface area contributed by atoms with Crippen LogP contribution >= 0.6 is 27.5 Å². The van der Waals surface area contributed by atoms with Gasteiger partial charge in [0.25, 0.3) is 0 Å². The maximum atomic E-state index is 13.8. The Bertz CT molecular complexity index is 559. The van der Waals surface area contributed by atoms with Crippen molar-refractivity contribution in [3.63, 3.8) is 0 Å². The first kappa shape index (κ1) is 13.4. The van der Waals surface area contributed by atoms with Gasteiger partial charge in [0.2, 0.25) is 0 Å². The molecule has 1 N–H and O–H groups in total. The van der Waals surface area contributed by atoms with Crippen LogP contribution in [0.4, 0.5) is 10.1 Å². The summed E-state index contributed by atoms with van der Waals surface area (Å²) < 4.78 is 14.8. The molecule has 0 saturated carbocycles. The summed E-state index contributed by atoms with van der Waals surface area (Å²) in [6.45, 7) is 1.97. The highest BCUT2D eigenvalue weighted by atomic mass is 79.9. The summed E-state index contributed by atoms with van der Waals surface area (Å²) in [4.78, 5) is 0. The second-order valence-corrected chi connectivity index (χ2v) is 5.25. The molecule has 0 heterocycles. The highest BCUT2D eigenvalue weighted by Gasteiger charge is 2.12. The molecule has 0 aliphatic heterocycles. The zero-order chi connectivity index (χ0) is 13.1. The van der Waals surface area contributed by atoms with Gasteiger partial charge in [0.1, 0.15) is 0 Å². The highest BCUT2D eigenvalue weighted by molar-refractivity contribution is 9.10. The number of benzene rings is 2. The van der Waals surface area contributed by atoms with Gasteiger partial charge in [-0.05, 0) is 30.7 Å². The fourth-order valence-electron chi connectivity index (χ4n) is 1.75. The van der Waals surface area contributed by atoms with Crippen molar-refractivity contribution in [1.82, 2.24) is 0 Å². The number of rotatable bonds is 3. The van der Waals surface area contributed by atoms with Gasteiger partial charge in [-0.25, -0.2) is 4.39 Å². The van der Waals surface area contributed by atoms with E-state index < -0.39 is 5.82 Å². The second kappa shape index (κ2) is 5.72. The van der Waals surface area contributed by atoms with Crippen LogP contribution in [-0.2, 0) is 0 Å². The van der Waals surface area contributed by atoms with E-state index in [0.717, 1.165) is 10.0 Å². The molecule has 0 aromatic heterocycles. The van der Waals surface area contributed by atoms with Crippen molar-refractivity contribution in [2.75, 3.05) is 5.32 Å². The summed E-state index contributed by atoms with van der Waals surface area (Å²) in [7, 11) is 0. The van der Waals surface area contributed by atoms with Crippen LogP contribution in [0.2, 0.25) is 5.02 Å². The molecular weight excluding hydrogens is 317 g/mol. The third-order valence-electron chi connectivity index (χ3n) is 2.70. The lowest BCUT2D eigenvalue weighted by molar-refractivity contribution is 0.628. The molecule has 18 heavy (non-hydrogen) atoms. The molecule has 0 amide bonds. The Morgan fingerprint density at radius 1 is 1.17 bits per heavy atom. The van der Waals surface area contributed by atoms with Crippen molar-refractivity contribution < 1.29 is 4.39 Å². The van der Waals surface area contributed by atoms with Gasteiger partial charge in [0.05, 0.1) is 10.7 Å². The number of halogens is 3. The fourth-order valence-corrected chi connectivity index (χ4v) is 2.56. The fraction of sp³-hybridized carbons (Fsp3) is 0.143. The molecular formula is C14H12BrClFN. The average molecular weight is 329 g/mol. The minimum Gasteiger partial charge on any atom is -0.376 e. The minimum atomic E-state index is -0.418. The molecule has 1 atom stereocenters. The van der Waals surface area contributed by atoms with Gasteiger partial charge in [-0.3, -0.25) is 0 Å². The largest absolute Gasteiger partial charge is 0.376 e. The number of hydrogen-bond donors (Lipinski definition) is 1. The monoisotopic (exact) mass is 327 g/mol. The molecule has 2 aromatic carbocycles. The van der Waals surface area contributed by atoms with E-state index in [4.69, 9.17) is 11.6 Å². The van der Waals surface area contributed by atoms with Crippen LogP contribution in [0.1, 0.15) is 18.5 Å². The van der Waals surface area contributed by atoms with Crippen LogP contribution in [0.15, 0.2) is 46.9 Å². The molecule has 0 aliphatic carbocycles. The lowest BCUT2D eigenvalue weighted by Crippen LogP contribution is -2.08. The summed E-state index contributed by atoms with van der Waals surface area (Å²) in [5.74, 6) is -0.418. The Labute approximate surface area is 119 Å². The molecule has 2 aromatic rings.